The molecular formula is C36H41N3O5S. The van der Waals surface area contributed by atoms with Crippen molar-refractivity contribution < 1.29 is 22.7 Å². The number of hydrogen-bond acceptors (Lipinski definition) is 5. The van der Waals surface area contributed by atoms with Crippen LogP contribution in [0.5, 0.6) is 11.5 Å². The molecule has 4 aromatic carbocycles. The predicted octanol–water partition coefficient (Wildman–Crippen LogP) is 6.62. The fourth-order valence-corrected chi connectivity index (χ4v) is 6.11. The largest absolute Gasteiger partial charge is 0.457 e. The predicted molar refractivity (Wildman–Crippen MR) is 178 cm³/mol. The lowest BCUT2D eigenvalue weighted by atomic mass is 10.1. The van der Waals surface area contributed by atoms with E-state index in [9.17, 15) is 18.0 Å². The molecule has 8 nitrogen and oxygen atoms in total. The lowest BCUT2D eigenvalue weighted by molar-refractivity contribution is -0.140. The van der Waals surface area contributed by atoms with E-state index in [1.54, 1.807) is 43.3 Å². The second kappa shape index (κ2) is 14.0. The molecule has 1 N–H and O–H groups in total. The smallest absolute Gasteiger partial charge is 0.264 e. The normalized spacial score (nSPS) is 12.2. The number of hydrogen-bond donors (Lipinski definition) is 1. The molecule has 1 atom stereocenters. The van der Waals surface area contributed by atoms with Gasteiger partial charge >= 0.3 is 0 Å². The molecule has 0 fully saturated rings. The highest BCUT2D eigenvalue weighted by Crippen LogP contribution is 2.29. The van der Waals surface area contributed by atoms with Crippen LogP contribution >= 0.6 is 0 Å². The Hall–Kier alpha value is -4.63. The summed E-state index contributed by atoms with van der Waals surface area (Å²) in [6.07, 6.45) is 0. The van der Waals surface area contributed by atoms with E-state index >= 15 is 0 Å². The SMILES string of the molecule is Cc1ccc(S(=O)(=O)N(CC(=O)N(Cc2ccccc2C)C(C)C(=O)NC(C)(C)C)c2ccc(Oc3ccccc3)cc2)cc1. The minimum Gasteiger partial charge on any atom is -0.457 e. The van der Waals surface area contributed by atoms with Gasteiger partial charge in [-0.2, -0.15) is 0 Å². The molecule has 4 rings (SSSR count). The first-order chi connectivity index (χ1) is 21.2. The average Bonchev–Trinajstić information content (AvgIpc) is 2.99. The molecule has 0 heterocycles. The van der Waals surface area contributed by atoms with E-state index < -0.39 is 34.1 Å². The van der Waals surface area contributed by atoms with Gasteiger partial charge < -0.3 is 15.0 Å². The molecule has 4 aromatic rings. The number of carbonyl (C=O) groups excluding carboxylic acids is 2. The summed E-state index contributed by atoms with van der Waals surface area (Å²) in [6.45, 7) is 10.7. The van der Waals surface area contributed by atoms with Crippen LogP contribution in [0.15, 0.2) is 108 Å². The van der Waals surface area contributed by atoms with E-state index in [1.165, 1.54) is 17.0 Å². The van der Waals surface area contributed by atoms with Gasteiger partial charge in [0.05, 0.1) is 10.6 Å². The molecule has 0 saturated heterocycles. The Kier molecular flexibility index (Phi) is 10.3. The van der Waals surface area contributed by atoms with Gasteiger partial charge in [-0.15, -0.1) is 0 Å². The Morgan fingerprint density at radius 2 is 1.38 bits per heavy atom. The Balaban J connectivity index is 1.72. The van der Waals surface area contributed by atoms with E-state index in [4.69, 9.17) is 4.74 Å². The number of aryl methyl sites for hydroxylation is 2. The number of para-hydroxylation sites is 1. The zero-order valence-electron chi connectivity index (χ0n) is 26.7. The van der Waals surface area contributed by atoms with Crippen LogP contribution in [0.2, 0.25) is 0 Å². The van der Waals surface area contributed by atoms with E-state index in [0.717, 1.165) is 21.0 Å². The Morgan fingerprint density at radius 1 is 0.800 bits per heavy atom. The molecule has 1 unspecified atom stereocenters. The van der Waals surface area contributed by atoms with Crippen LogP contribution in [0.3, 0.4) is 0 Å². The Bertz CT molecular complexity index is 1720. The van der Waals surface area contributed by atoms with Gasteiger partial charge in [-0.3, -0.25) is 13.9 Å². The first kappa shape index (κ1) is 33.3. The van der Waals surface area contributed by atoms with Crippen molar-refractivity contribution in [1.82, 2.24) is 10.2 Å². The molecule has 0 radical (unpaired) electrons. The number of sulfonamides is 1. The van der Waals surface area contributed by atoms with E-state index in [-0.39, 0.29) is 23.0 Å². The average molecular weight is 628 g/mol. The molecule has 236 valence electrons. The van der Waals surface area contributed by atoms with Crippen molar-refractivity contribution in [3.05, 3.63) is 120 Å². The minimum absolute atomic E-state index is 0.0505. The number of carbonyl (C=O) groups is 2. The zero-order chi connectivity index (χ0) is 32.8. The maximum absolute atomic E-state index is 14.2. The van der Waals surface area contributed by atoms with Crippen molar-refractivity contribution in [2.75, 3.05) is 10.8 Å². The topological polar surface area (TPSA) is 96.0 Å². The molecule has 9 heteroatoms. The quantitative estimate of drug-likeness (QED) is 0.202. The lowest BCUT2D eigenvalue weighted by Crippen LogP contribution is -2.54. The standard InChI is InChI=1S/C36H41N3O5S/c1-26-16-22-33(23-17-26)45(42,43)39(30-18-20-32(21-19-30)44-31-14-8-7-9-15-31)25-34(40)38(24-29-13-11-10-12-27(29)2)28(3)35(41)37-36(4,5)6/h7-23,28H,24-25H2,1-6H3,(H,37,41). The highest BCUT2D eigenvalue weighted by Gasteiger charge is 2.33. The number of nitrogens with one attached hydrogen (secondary N) is 1. The zero-order valence-corrected chi connectivity index (χ0v) is 27.5. The Morgan fingerprint density at radius 3 is 1.98 bits per heavy atom. The highest BCUT2D eigenvalue weighted by molar-refractivity contribution is 7.92. The van der Waals surface area contributed by atoms with E-state index in [0.29, 0.717) is 11.5 Å². The van der Waals surface area contributed by atoms with Crippen LogP contribution in [-0.2, 0) is 26.2 Å². The first-order valence-electron chi connectivity index (χ1n) is 14.8. The summed E-state index contributed by atoms with van der Waals surface area (Å²) in [5.41, 5.74) is 2.48. The molecule has 45 heavy (non-hydrogen) atoms. The van der Waals surface area contributed by atoms with Gasteiger partial charge in [-0.1, -0.05) is 60.2 Å². The van der Waals surface area contributed by atoms with Crippen molar-refractivity contribution in [3.63, 3.8) is 0 Å². The van der Waals surface area contributed by atoms with Crippen molar-refractivity contribution in [2.24, 2.45) is 0 Å². The van der Waals surface area contributed by atoms with Gasteiger partial charge in [-0.05, 0) is 101 Å². The fourth-order valence-electron chi connectivity index (χ4n) is 4.70. The van der Waals surface area contributed by atoms with Gasteiger partial charge in [0.15, 0.2) is 0 Å². The summed E-state index contributed by atoms with van der Waals surface area (Å²) in [4.78, 5) is 29.0. The van der Waals surface area contributed by atoms with Crippen LogP contribution in [0.4, 0.5) is 5.69 Å². The molecule has 0 spiro atoms. The maximum Gasteiger partial charge on any atom is 0.264 e. The first-order valence-corrected chi connectivity index (χ1v) is 16.3. The van der Waals surface area contributed by atoms with Gasteiger partial charge in [-0.25, -0.2) is 8.42 Å². The molecular weight excluding hydrogens is 586 g/mol. The second-order valence-electron chi connectivity index (χ2n) is 12.1. The Labute approximate surface area is 266 Å². The number of benzene rings is 4. The number of anilines is 1. The van der Waals surface area contributed by atoms with Gasteiger partial charge in [0.1, 0.15) is 24.1 Å². The van der Waals surface area contributed by atoms with Crippen LogP contribution in [0.25, 0.3) is 0 Å². The molecule has 0 saturated carbocycles. The summed E-state index contributed by atoms with van der Waals surface area (Å²) >= 11 is 0. The van der Waals surface area contributed by atoms with Gasteiger partial charge in [0, 0.05) is 12.1 Å². The summed E-state index contributed by atoms with van der Waals surface area (Å²) < 4.78 is 35.2. The second-order valence-corrected chi connectivity index (χ2v) is 14.0. The fraction of sp³-hybridized carbons (Fsp3) is 0.278. The molecule has 0 aliphatic carbocycles. The monoisotopic (exact) mass is 627 g/mol. The van der Waals surface area contributed by atoms with Crippen LogP contribution in [0, 0.1) is 13.8 Å². The number of amides is 2. The summed E-state index contributed by atoms with van der Waals surface area (Å²) in [6, 6.07) is 29.0. The molecule has 2 amide bonds. The molecule has 0 aromatic heterocycles. The molecule has 0 aliphatic heterocycles. The number of ether oxygens (including phenoxy) is 1. The van der Waals surface area contributed by atoms with E-state index in [2.05, 4.69) is 5.32 Å². The van der Waals surface area contributed by atoms with Crippen LogP contribution < -0.4 is 14.4 Å². The van der Waals surface area contributed by atoms with Crippen molar-refractivity contribution in [3.8, 4) is 11.5 Å². The number of rotatable bonds is 11. The molecule has 0 bridgehead atoms. The number of nitrogens with zero attached hydrogens (tertiary/aromatic N) is 2. The lowest BCUT2D eigenvalue weighted by Gasteiger charge is -2.33. The van der Waals surface area contributed by atoms with Crippen LogP contribution in [0.1, 0.15) is 44.4 Å². The maximum atomic E-state index is 14.2. The van der Waals surface area contributed by atoms with Crippen LogP contribution in [-0.4, -0.2) is 43.3 Å². The highest BCUT2D eigenvalue weighted by atomic mass is 32.2. The van der Waals surface area contributed by atoms with Gasteiger partial charge in [0.2, 0.25) is 11.8 Å². The summed E-state index contributed by atoms with van der Waals surface area (Å²) in [5, 5.41) is 2.95. The molecule has 0 aliphatic rings. The third-order valence-corrected chi connectivity index (χ3v) is 9.05. The third-order valence-electron chi connectivity index (χ3n) is 7.26. The summed E-state index contributed by atoms with van der Waals surface area (Å²) in [5.74, 6) is 0.298. The van der Waals surface area contributed by atoms with Crippen molar-refractivity contribution in [2.45, 2.75) is 64.6 Å². The van der Waals surface area contributed by atoms with E-state index in [1.807, 2.05) is 89.2 Å². The third kappa shape index (κ3) is 8.73. The van der Waals surface area contributed by atoms with Crippen molar-refractivity contribution >= 4 is 27.5 Å². The minimum atomic E-state index is -4.18. The van der Waals surface area contributed by atoms with Crippen molar-refractivity contribution in [1.29, 1.82) is 0 Å². The van der Waals surface area contributed by atoms with Gasteiger partial charge in [0.25, 0.3) is 10.0 Å². The summed E-state index contributed by atoms with van der Waals surface area (Å²) in [7, 11) is -4.18.